The average Bonchev–Trinajstić information content (AvgIpc) is 3.03. The zero-order valence-corrected chi connectivity index (χ0v) is 13.2. The maximum Gasteiger partial charge on any atom is 0.138 e. The van der Waals surface area contributed by atoms with Crippen molar-refractivity contribution >= 4 is 21.6 Å². The Labute approximate surface area is 132 Å². The molecule has 21 heavy (non-hydrogen) atoms. The Bertz CT molecular complexity index is 721. The fraction of sp³-hybridized carbons (Fsp3) is 0.125. The molecule has 2 aromatic carbocycles. The normalized spacial score (nSPS) is 10.6. The van der Waals surface area contributed by atoms with Crippen LogP contribution in [0.1, 0.15) is 11.1 Å². The quantitative estimate of drug-likeness (QED) is 0.780. The van der Waals surface area contributed by atoms with Crippen molar-refractivity contribution in [3.8, 4) is 5.69 Å². The van der Waals surface area contributed by atoms with Crippen LogP contribution < -0.4 is 5.32 Å². The van der Waals surface area contributed by atoms with Crippen molar-refractivity contribution in [1.82, 2.24) is 14.8 Å². The monoisotopic (exact) mass is 342 g/mol. The minimum atomic E-state index is 0.802. The molecule has 3 aromatic rings. The van der Waals surface area contributed by atoms with Crippen molar-refractivity contribution in [2.75, 3.05) is 5.32 Å². The number of nitrogens with one attached hydrogen (secondary N) is 1. The lowest BCUT2D eigenvalue weighted by Crippen LogP contribution is -2.00. The molecule has 0 spiro atoms. The first-order chi connectivity index (χ1) is 10.2. The molecule has 3 rings (SSSR count). The summed E-state index contributed by atoms with van der Waals surface area (Å²) < 4.78 is 2.88. The minimum Gasteiger partial charge on any atom is -0.381 e. The number of halogens is 1. The van der Waals surface area contributed by atoms with Gasteiger partial charge in [0.1, 0.15) is 12.7 Å². The van der Waals surface area contributed by atoms with Gasteiger partial charge in [0.15, 0.2) is 0 Å². The van der Waals surface area contributed by atoms with E-state index in [1.54, 1.807) is 11.0 Å². The minimum absolute atomic E-state index is 0.802. The highest BCUT2D eigenvalue weighted by molar-refractivity contribution is 9.10. The van der Waals surface area contributed by atoms with Gasteiger partial charge in [-0.2, -0.15) is 5.10 Å². The van der Waals surface area contributed by atoms with E-state index in [1.807, 2.05) is 24.3 Å². The third kappa shape index (κ3) is 3.31. The van der Waals surface area contributed by atoms with Gasteiger partial charge in [-0.25, -0.2) is 9.67 Å². The van der Waals surface area contributed by atoms with Crippen LogP contribution in [-0.2, 0) is 6.54 Å². The van der Waals surface area contributed by atoms with Crippen molar-refractivity contribution in [3.63, 3.8) is 0 Å². The molecule has 0 atom stereocenters. The Balaban J connectivity index is 1.66. The van der Waals surface area contributed by atoms with Crippen LogP contribution >= 0.6 is 15.9 Å². The number of hydrogen-bond donors (Lipinski definition) is 1. The van der Waals surface area contributed by atoms with E-state index >= 15 is 0 Å². The van der Waals surface area contributed by atoms with Crippen LogP contribution in [0.5, 0.6) is 0 Å². The summed E-state index contributed by atoms with van der Waals surface area (Å²) in [6.07, 6.45) is 3.22. The number of aryl methyl sites for hydroxylation is 1. The van der Waals surface area contributed by atoms with E-state index in [9.17, 15) is 0 Å². The second kappa shape index (κ2) is 6.10. The summed E-state index contributed by atoms with van der Waals surface area (Å²) in [7, 11) is 0. The highest BCUT2D eigenvalue weighted by Crippen LogP contribution is 2.18. The smallest absolute Gasteiger partial charge is 0.138 e. The van der Waals surface area contributed by atoms with E-state index in [4.69, 9.17) is 0 Å². The lowest BCUT2D eigenvalue weighted by atomic mass is 10.1. The largest absolute Gasteiger partial charge is 0.381 e. The molecule has 4 nitrogen and oxygen atoms in total. The SMILES string of the molecule is Cc1cc(CNc2ccc(-n3cncn3)cc2)ccc1Br. The molecule has 0 saturated heterocycles. The van der Waals surface area contributed by atoms with Crippen LogP contribution in [0, 0.1) is 6.92 Å². The van der Waals surface area contributed by atoms with Gasteiger partial charge in [0.25, 0.3) is 0 Å². The van der Waals surface area contributed by atoms with E-state index < -0.39 is 0 Å². The fourth-order valence-electron chi connectivity index (χ4n) is 2.09. The summed E-state index contributed by atoms with van der Waals surface area (Å²) in [6, 6.07) is 14.5. The molecule has 0 unspecified atom stereocenters. The Morgan fingerprint density at radius 2 is 1.95 bits per heavy atom. The Kier molecular flexibility index (Phi) is 4.01. The molecule has 0 fully saturated rings. The van der Waals surface area contributed by atoms with E-state index in [0.717, 1.165) is 22.4 Å². The Morgan fingerprint density at radius 3 is 2.62 bits per heavy atom. The van der Waals surface area contributed by atoms with Gasteiger partial charge in [-0.1, -0.05) is 28.1 Å². The molecule has 0 saturated carbocycles. The van der Waals surface area contributed by atoms with Gasteiger partial charge >= 0.3 is 0 Å². The standard InChI is InChI=1S/C16H15BrN4/c1-12-8-13(2-7-16(12)17)9-19-14-3-5-15(6-4-14)21-11-18-10-20-21/h2-8,10-11,19H,9H2,1H3. The van der Waals surface area contributed by atoms with Gasteiger partial charge in [-0.05, 0) is 48.4 Å². The molecule has 0 aliphatic heterocycles. The van der Waals surface area contributed by atoms with Crippen LogP contribution in [0.25, 0.3) is 5.69 Å². The predicted octanol–water partition coefficient (Wildman–Crippen LogP) is 3.95. The number of anilines is 1. The van der Waals surface area contributed by atoms with Crippen molar-refractivity contribution in [1.29, 1.82) is 0 Å². The van der Waals surface area contributed by atoms with Crippen LogP contribution in [-0.4, -0.2) is 14.8 Å². The lowest BCUT2D eigenvalue weighted by molar-refractivity contribution is 0.879. The van der Waals surface area contributed by atoms with Gasteiger partial charge in [-0.15, -0.1) is 0 Å². The molecule has 5 heteroatoms. The van der Waals surface area contributed by atoms with Gasteiger partial charge in [-0.3, -0.25) is 0 Å². The van der Waals surface area contributed by atoms with Crippen LogP contribution in [0.15, 0.2) is 59.6 Å². The summed E-state index contributed by atoms with van der Waals surface area (Å²) in [5, 5.41) is 7.53. The van der Waals surface area contributed by atoms with Crippen molar-refractivity contribution in [3.05, 3.63) is 70.7 Å². The molecule has 1 N–H and O–H groups in total. The van der Waals surface area contributed by atoms with E-state index in [0.29, 0.717) is 0 Å². The topological polar surface area (TPSA) is 42.7 Å². The van der Waals surface area contributed by atoms with Crippen LogP contribution in [0.4, 0.5) is 5.69 Å². The van der Waals surface area contributed by atoms with E-state index in [2.05, 4.69) is 56.5 Å². The summed E-state index contributed by atoms with van der Waals surface area (Å²) in [5.74, 6) is 0. The van der Waals surface area contributed by atoms with Crippen molar-refractivity contribution in [2.24, 2.45) is 0 Å². The van der Waals surface area contributed by atoms with Gasteiger partial charge in [0.2, 0.25) is 0 Å². The van der Waals surface area contributed by atoms with Gasteiger partial charge < -0.3 is 5.32 Å². The van der Waals surface area contributed by atoms with Crippen LogP contribution in [0.2, 0.25) is 0 Å². The van der Waals surface area contributed by atoms with Crippen LogP contribution in [0.3, 0.4) is 0 Å². The maximum absolute atomic E-state index is 4.11. The molecular weight excluding hydrogens is 328 g/mol. The highest BCUT2D eigenvalue weighted by Gasteiger charge is 2.00. The van der Waals surface area contributed by atoms with Gasteiger partial charge in [0.05, 0.1) is 5.69 Å². The highest BCUT2D eigenvalue weighted by atomic mass is 79.9. The first kappa shape index (κ1) is 13.8. The van der Waals surface area contributed by atoms with Crippen molar-refractivity contribution in [2.45, 2.75) is 13.5 Å². The molecule has 0 aliphatic rings. The van der Waals surface area contributed by atoms with E-state index in [-0.39, 0.29) is 0 Å². The second-order valence-electron chi connectivity index (χ2n) is 4.82. The summed E-state index contributed by atoms with van der Waals surface area (Å²) in [4.78, 5) is 3.94. The average molecular weight is 343 g/mol. The Morgan fingerprint density at radius 1 is 1.14 bits per heavy atom. The zero-order valence-electron chi connectivity index (χ0n) is 11.6. The first-order valence-corrected chi connectivity index (χ1v) is 7.45. The molecule has 106 valence electrons. The van der Waals surface area contributed by atoms with Crippen molar-refractivity contribution < 1.29 is 0 Å². The summed E-state index contributed by atoms with van der Waals surface area (Å²) in [5.41, 5.74) is 4.59. The maximum atomic E-state index is 4.11. The molecule has 0 aliphatic carbocycles. The number of nitrogens with zero attached hydrogens (tertiary/aromatic N) is 3. The van der Waals surface area contributed by atoms with Gasteiger partial charge in [0, 0.05) is 16.7 Å². The number of rotatable bonds is 4. The number of aromatic nitrogens is 3. The third-order valence-corrected chi connectivity index (χ3v) is 4.16. The zero-order chi connectivity index (χ0) is 14.7. The molecular formula is C16H15BrN4. The number of benzene rings is 2. The lowest BCUT2D eigenvalue weighted by Gasteiger charge is -2.09. The molecule has 0 bridgehead atoms. The summed E-state index contributed by atoms with van der Waals surface area (Å²) >= 11 is 3.52. The third-order valence-electron chi connectivity index (χ3n) is 3.27. The molecule has 0 radical (unpaired) electrons. The molecule has 1 heterocycles. The second-order valence-corrected chi connectivity index (χ2v) is 5.68. The predicted molar refractivity (Wildman–Crippen MR) is 87.6 cm³/mol. The molecule has 0 amide bonds. The Hall–Kier alpha value is -2.14. The summed E-state index contributed by atoms with van der Waals surface area (Å²) in [6.45, 7) is 2.90. The first-order valence-electron chi connectivity index (χ1n) is 6.66. The number of hydrogen-bond acceptors (Lipinski definition) is 3. The molecule has 1 aromatic heterocycles. The fourth-order valence-corrected chi connectivity index (χ4v) is 2.34. The van der Waals surface area contributed by atoms with E-state index in [1.165, 1.54) is 17.5 Å².